The lowest BCUT2D eigenvalue weighted by atomic mass is 10.1. The second kappa shape index (κ2) is 8.75. The first kappa shape index (κ1) is 19.6. The van der Waals surface area contributed by atoms with Crippen LogP contribution in [0.15, 0.2) is 48.5 Å². The summed E-state index contributed by atoms with van der Waals surface area (Å²) in [5.41, 5.74) is 3.67. The standard InChI is InChI=1S/C24H23N5O/c1-17-9-11-19(12-10-17)24(30)26-21-7-5-6-18(15-21)14-20(16-25)23-28-27-22-8-3-2-4-13-29(22)23/h5-7,9-12,14-15H,2-4,8,13H2,1H3,(H,26,30)/b20-14+. The van der Waals surface area contributed by atoms with Crippen LogP contribution >= 0.6 is 0 Å². The maximum absolute atomic E-state index is 12.5. The molecule has 0 bridgehead atoms. The van der Waals surface area contributed by atoms with Crippen molar-refractivity contribution in [2.24, 2.45) is 0 Å². The van der Waals surface area contributed by atoms with Crippen molar-refractivity contribution in [3.05, 3.63) is 76.9 Å². The lowest BCUT2D eigenvalue weighted by molar-refractivity contribution is 0.102. The van der Waals surface area contributed by atoms with E-state index in [4.69, 9.17) is 0 Å². The molecule has 0 unspecified atom stereocenters. The fourth-order valence-electron chi connectivity index (χ4n) is 3.61. The van der Waals surface area contributed by atoms with Crippen molar-refractivity contribution in [3.63, 3.8) is 0 Å². The average Bonchev–Trinajstić information content (AvgIpc) is 3.00. The number of benzene rings is 2. The molecule has 4 rings (SSSR count). The Morgan fingerprint density at radius 1 is 1.13 bits per heavy atom. The maximum atomic E-state index is 12.5. The summed E-state index contributed by atoms with van der Waals surface area (Å²) in [6, 6.07) is 17.1. The lowest BCUT2D eigenvalue weighted by Crippen LogP contribution is -2.11. The van der Waals surface area contributed by atoms with E-state index in [9.17, 15) is 10.1 Å². The number of fused-ring (bicyclic) bond motifs is 1. The number of allylic oxidation sites excluding steroid dienone is 1. The van der Waals surface area contributed by atoms with Gasteiger partial charge in [0.2, 0.25) is 0 Å². The quantitative estimate of drug-likeness (QED) is 0.651. The van der Waals surface area contributed by atoms with E-state index >= 15 is 0 Å². The van der Waals surface area contributed by atoms with Gasteiger partial charge < -0.3 is 9.88 Å². The van der Waals surface area contributed by atoms with E-state index in [2.05, 4.69) is 26.2 Å². The SMILES string of the molecule is Cc1ccc(C(=O)Nc2cccc(/C=C(\C#N)c3nnc4n3CCCCC4)c2)cc1. The van der Waals surface area contributed by atoms with Crippen molar-refractivity contribution in [1.29, 1.82) is 5.26 Å². The molecule has 150 valence electrons. The van der Waals surface area contributed by atoms with Crippen LogP contribution in [0.4, 0.5) is 5.69 Å². The number of anilines is 1. The summed E-state index contributed by atoms with van der Waals surface area (Å²) < 4.78 is 2.06. The van der Waals surface area contributed by atoms with E-state index in [-0.39, 0.29) is 5.91 Å². The van der Waals surface area contributed by atoms with Crippen LogP contribution in [0.3, 0.4) is 0 Å². The molecule has 0 saturated heterocycles. The number of carbonyl (C=O) groups is 1. The van der Waals surface area contributed by atoms with Crippen molar-refractivity contribution < 1.29 is 4.79 Å². The molecule has 0 fully saturated rings. The predicted octanol–water partition coefficient (Wildman–Crippen LogP) is 4.63. The Kier molecular flexibility index (Phi) is 5.71. The number of aromatic nitrogens is 3. The van der Waals surface area contributed by atoms with Crippen LogP contribution in [0, 0.1) is 18.3 Å². The highest BCUT2D eigenvalue weighted by Gasteiger charge is 2.17. The minimum absolute atomic E-state index is 0.167. The fraction of sp³-hybridized carbons (Fsp3) is 0.250. The van der Waals surface area contributed by atoms with Gasteiger partial charge in [0, 0.05) is 24.2 Å². The summed E-state index contributed by atoms with van der Waals surface area (Å²) in [6.45, 7) is 2.82. The average molecular weight is 397 g/mol. The largest absolute Gasteiger partial charge is 0.322 e. The Labute approximate surface area is 175 Å². The molecule has 1 aliphatic heterocycles. The number of amides is 1. The molecule has 3 aromatic rings. The van der Waals surface area contributed by atoms with E-state index in [1.165, 1.54) is 0 Å². The van der Waals surface area contributed by atoms with Crippen LogP contribution in [-0.4, -0.2) is 20.7 Å². The minimum Gasteiger partial charge on any atom is -0.322 e. The Morgan fingerprint density at radius 2 is 1.97 bits per heavy atom. The molecule has 0 aliphatic carbocycles. The van der Waals surface area contributed by atoms with Crippen LogP contribution in [0.1, 0.15) is 52.4 Å². The van der Waals surface area contributed by atoms with Crippen LogP contribution in [0.5, 0.6) is 0 Å². The molecule has 30 heavy (non-hydrogen) atoms. The Bertz CT molecular complexity index is 1140. The topological polar surface area (TPSA) is 83.6 Å². The molecule has 2 heterocycles. The predicted molar refractivity (Wildman–Crippen MR) is 117 cm³/mol. The van der Waals surface area contributed by atoms with E-state index < -0.39 is 0 Å². The number of nitriles is 1. The van der Waals surface area contributed by atoms with Crippen molar-refractivity contribution in [3.8, 4) is 6.07 Å². The highest BCUT2D eigenvalue weighted by Crippen LogP contribution is 2.22. The molecule has 6 heteroatoms. The molecule has 1 aromatic heterocycles. The Morgan fingerprint density at radius 3 is 2.77 bits per heavy atom. The number of nitrogens with one attached hydrogen (secondary N) is 1. The van der Waals surface area contributed by atoms with Gasteiger partial charge in [0.05, 0.1) is 5.57 Å². The van der Waals surface area contributed by atoms with Gasteiger partial charge in [-0.25, -0.2) is 0 Å². The third-order valence-corrected chi connectivity index (χ3v) is 5.24. The number of hydrogen-bond donors (Lipinski definition) is 1. The lowest BCUT2D eigenvalue weighted by Gasteiger charge is -2.08. The van der Waals surface area contributed by atoms with Gasteiger partial charge in [0.1, 0.15) is 11.9 Å². The van der Waals surface area contributed by atoms with Crippen LogP contribution in [0.2, 0.25) is 0 Å². The number of hydrogen-bond acceptors (Lipinski definition) is 4. The summed E-state index contributed by atoms with van der Waals surface area (Å²) in [6.07, 6.45) is 6.02. The van der Waals surface area contributed by atoms with Gasteiger partial charge in [-0.1, -0.05) is 36.2 Å². The first-order chi connectivity index (χ1) is 14.6. The normalized spacial score (nSPS) is 13.8. The third kappa shape index (κ3) is 4.31. The number of aryl methyl sites for hydroxylation is 2. The van der Waals surface area contributed by atoms with E-state index in [0.29, 0.717) is 22.6 Å². The van der Waals surface area contributed by atoms with Crippen molar-refractivity contribution in [1.82, 2.24) is 14.8 Å². The van der Waals surface area contributed by atoms with Gasteiger partial charge in [0.15, 0.2) is 5.82 Å². The van der Waals surface area contributed by atoms with Crippen LogP contribution in [0.25, 0.3) is 11.6 Å². The zero-order chi connectivity index (χ0) is 20.9. The summed E-state index contributed by atoms with van der Waals surface area (Å²) in [5, 5.41) is 21.2. The maximum Gasteiger partial charge on any atom is 0.255 e. The molecule has 0 spiro atoms. The van der Waals surface area contributed by atoms with Crippen molar-refractivity contribution in [2.75, 3.05) is 5.32 Å². The molecular weight excluding hydrogens is 374 g/mol. The van der Waals surface area contributed by atoms with Gasteiger partial charge in [-0.2, -0.15) is 5.26 Å². The molecule has 6 nitrogen and oxygen atoms in total. The molecular formula is C24H23N5O. The van der Waals surface area contributed by atoms with Crippen molar-refractivity contribution >= 4 is 23.2 Å². The van der Waals surface area contributed by atoms with Gasteiger partial charge in [-0.05, 0) is 55.7 Å². The summed E-state index contributed by atoms with van der Waals surface area (Å²) in [5.74, 6) is 1.39. The van der Waals surface area contributed by atoms with Gasteiger partial charge in [-0.3, -0.25) is 4.79 Å². The number of rotatable bonds is 4. The molecule has 1 aliphatic rings. The van der Waals surface area contributed by atoms with Crippen molar-refractivity contribution in [2.45, 2.75) is 39.2 Å². The summed E-state index contributed by atoms with van der Waals surface area (Å²) in [7, 11) is 0. The molecule has 1 N–H and O–H groups in total. The fourth-order valence-corrected chi connectivity index (χ4v) is 3.61. The monoisotopic (exact) mass is 397 g/mol. The smallest absolute Gasteiger partial charge is 0.255 e. The van der Waals surface area contributed by atoms with Gasteiger partial charge in [-0.15, -0.1) is 10.2 Å². The van der Waals surface area contributed by atoms with E-state index in [1.54, 1.807) is 18.2 Å². The number of nitrogens with zero attached hydrogens (tertiary/aromatic N) is 4. The zero-order valence-electron chi connectivity index (χ0n) is 16.9. The molecule has 2 aromatic carbocycles. The van der Waals surface area contributed by atoms with Crippen LogP contribution < -0.4 is 5.32 Å². The third-order valence-electron chi connectivity index (χ3n) is 5.24. The van der Waals surface area contributed by atoms with E-state index in [0.717, 1.165) is 49.2 Å². The first-order valence-corrected chi connectivity index (χ1v) is 10.2. The van der Waals surface area contributed by atoms with Gasteiger partial charge in [0.25, 0.3) is 5.91 Å². The highest BCUT2D eigenvalue weighted by molar-refractivity contribution is 6.04. The Hall–Kier alpha value is -3.72. The zero-order valence-corrected chi connectivity index (χ0v) is 16.9. The Balaban J connectivity index is 1.58. The van der Waals surface area contributed by atoms with Crippen LogP contribution in [-0.2, 0) is 13.0 Å². The first-order valence-electron chi connectivity index (χ1n) is 10.2. The highest BCUT2D eigenvalue weighted by atomic mass is 16.1. The molecule has 1 amide bonds. The van der Waals surface area contributed by atoms with E-state index in [1.807, 2.05) is 43.3 Å². The van der Waals surface area contributed by atoms with Gasteiger partial charge >= 0.3 is 0 Å². The summed E-state index contributed by atoms with van der Waals surface area (Å²) >= 11 is 0. The second-order valence-electron chi connectivity index (χ2n) is 7.52. The summed E-state index contributed by atoms with van der Waals surface area (Å²) in [4.78, 5) is 12.5. The minimum atomic E-state index is -0.167. The molecule has 0 radical (unpaired) electrons. The number of carbonyl (C=O) groups excluding carboxylic acids is 1. The molecule has 0 saturated carbocycles. The molecule has 0 atom stereocenters. The second-order valence-corrected chi connectivity index (χ2v) is 7.52.